The van der Waals surface area contributed by atoms with E-state index in [0.717, 1.165) is 41.9 Å². The van der Waals surface area contributed by atoms with Gasteiger partial charge in [-0.05, 0) is 98.2 Å². The van der Waals surface area contributed by atoms with E-state index in [2.05, 4.69) is 25.0 Å². The lowest BCUT2D eigenvalue weighted by Gasteiger charge is -2.36. The average Bonchev–Trinajstić information content (AvgIpc) is 1.65. The molecule has 0 radical (unpaired) electrons. The van der Waals surface area contributed by atoms with Gasteiger partial charge >= 0.3 is 12.2 Å². The van der Waals surface area contributed by atoms with Crippen molar-refractivity contribution >= 4 is 118 Å². The number of fused-ring (bicyclic) bond motifs is 3. The number of amides is 6. The van der Waals surface area contributed by atoms with Gasteiger partial charge in [0, 0.05) is 65.1 Å². The van der Waals surface area contributed by atoms with Crippen molar-refractivity contribution in [2.75, 3.05) is 67.2 Å². The van der Waals surface area contributed by atoms with Crippen LogP contribution in [0.5, 0.6) is 0 Å². The van der Waals surface area contributed by atoms with Crippen molar-refractivity contribution in [1.82, 2.24) is 57.4 Å². The first-order valence-corrected chi connectivity index (χ1v) is 38.3. The van der Waals surface area contributed by atoms with Crippen LogP contribution in [0.25, 0.3) is 0 Å². The number of rotatable bonds is 12. The second kappa shape index (κ2) is 30.9. The van der Waals surface area contributed by atoms with Crippen LogP contribution < -0.4 is 19.4 Å². The molecule has 9 heterocycles. The molecule has 6 aliphatic heterocycles. The second-order valence-corrected chi connectivity index (χ2v) is 34.2. The van der Waals surface area contributed by atoms with Crippen molar-refractivity contribution in [3.05, 3.63) is 99.3 Å². The predicted octanol–water partition coefficient (Wildman–Crippen LogP) is 5.79. The first-order valence-electron chi connectivity index (χ1n) is 31.9. The van der Waals surface area contributed by atoms with E-state index in [0.29, 0.717) is 47.9 Å². The summed E-state index contributed by atoms with van der Waals surface area (Å²) < 4.78 is 118. The van der Waals surface area contributed by atoms with E-state index < -0.39 is 83.2 Å². The lowest BCUT2D eigenvalue weighted by atomic mass is 10.1. The predicted molar refractivity (Wildman–Crippen MR) is 369 cm³/mol. The number of sulfonamides is 3. The lowest BCUT2D eigenvalue weighted by Crippen LogP contribution is -2.47. The molecule has 3 fully saturated rings. The molecule has 38 heteroatoms. The third-order valence-electron chi connectivity index (χ3n) is 17.3. The Morgan fingerprint density at radius 3 is 1.35 bits per heavy atom. The lowest BCUT2D eigenvalue weighted by molar-refractivity contribution is -0.134. The zero-order valence-corrected chi connectivity index (χ0v) is 62.4. The van der Waals surface area contributed by atoms with E-state index in [9.17, 15) is 67.6 Å². The highest BCUT2D eigenvalue weighted by Gasteiger charge is 2.43. The molecule has 31 nitrogen and oxygen atoms in total. The van der Waals surface area contributed by atoms with Crippen LogP contribution in [0, 0.1) is 11.6 Å². The van der Waals surface area contributed by atoms with Gasteiger partial charge in [-0.25, -0.2) is 53.1 Å². The van der Waals surface area contributed by atoms with Gasteiger partial charge in [0.25, 0.3) is 0 Å². The number of nitrogens with one attached hydrogen (secondary N) is 1. The minimum absolute atomic E-state index is 0.0338. The fourth-order valence-electron chi connectivity index (χ4n) is 12.0. The monoisotopic (exact) mass is 1510 g/mol. The number of carbonyl (C=O) groups excluding carboxylic acids is 7. The molecule has 552 valence electrons. The minimum Gasteiger partial charge on any atom is -0.444 e. The quantitative estimate of drug-likeness (QED) is 0.114. The van der Waals surface area contributed by atoms with Gasteiger partial charge in [0.15, 0.2) is 0 Å². The number of carbonyl (C=O) groups is 6. The average molecular weight is 1510 g/mol. The number of ether oxygens (including phenoxy) is 2. The van der Waals surface area contributed by atoms with E-state index >= 15 is 0 Å². The highest BCUT2D eigenvalue weighted by molar-refractivity contribution is 7.89. The topological polar surface area (TPSA) is 344 Å². The standard InChI is InChI=1S/C21H25ClFN5O4S.C18H29N5O5S.C17H27N5O5S.C7H3ClFNO/c1-13-10-28-19(12-26(13)20(29)7-14-4-5-17(23)16(22)6-14)18(9-24-28)27-11-15(8-21(27)30)25(2)33(3,31)32;1-12-9-23-15(11-21(12)17(25)28-18(2,3)4)14(8-19-23)22-10-13(7-16(22)24)20(5)29(6,26)27;1-11-8-22-14(10-20(11)16(24)27-17(2,3)4)13(7-18-22)21-9-12(6-15(21)23)19-28(5,25)26;8-6-3-5(10-4-11)1-2-7(6)9/h4-6,9,13,15H,7-8,10-12H2,1-3H3;8,12-13H,7,9-11H2,1-6H3;7,11-12,19H,6,8-10H2,1-5H3;1-3H/t13-,15?;12-,13?;11-,12?;/m000./s1. The van der Waals surface area contributed by atoms with E-state index in [4.69, 9.17) is 32.7 Å². The first-order chi connectivity index (χ1) is 46.8. The normalized spacial score (nSPS) is 20.9. The maximum atomic E-state index is 13.4. The Morgan fingerprint density at radius 2 is 0.970 bits per heavy atom. The molecular weight excluding hydrogens is 1430 g/mol. The van der Waals surface area contributed by atoms with Crippen LogP contribution in [0.15, 0.2) is 60.0 Å². The fourth-order valence-corrected chi connectivity index (χ4v) is 14.5. The maximum Gasteiger partial charge on any atom is 0.410 e. The molecular formula is C63H84Cl2F2N16O15S3. The highest BCUT2D eigenvalue weighted by Crippen LogP contribution is 2.36. The van der Waals surface area contributed by atoms with Gasteiger partial charge in [-0.2, -0.15) is 28.9 Å². The highest BCUT2D eigenvalue weighted by atomic mass is 35.5. The molecule has 11 rings (SSSR count). The fraction of sp³-hybridized carbons (Fsp3) is 0.556. The number of aromatic nitrogens is 6. The van der Waals surface area contributed by atoms with Crippen molar-refractivity contribution in [2.24, 2.45) is 4.99 Å². The summed E-state index contributed by atoms with van der Waals surface area (Å²) in [5.74, 6) is -1.75. The molecule has 5 aromatic rings. The molecule has 3 saturated heterocycles. The first kappa shape index (κ1) is 78.8. The molecule has 6 aliphatic rings. The van der Waals surface area contributed by atoms with E-state index in [-0.39, 0.29) is 117 Å². The Balaban J connectivity index is 0.000000179. The van der Waals surface area contributed by atoms with E-state index in [1.165, 1.54) is 64.0 Å². The minimum atomic E-state index is -3.43. The Morgan fingerprint density at radius 1 is 0.594 bits per heavy atom. The molecule has 0 aliphatic carbocycles. The van der Waals surface area contributed by atoms with Crippen LogP contribution in [-0.2, 0) is 109 Å². The van der Waals surface area contributed by atoms with Crippen LogP contribution in [0.3, 0.4) is 0 Å². The van der Waals surface area contributed by atoms with Crippen LogP contribution >= 0.6 is 23.2 Å². The summed E-state index contributed by atoms with van der Waals surface area (Å²) in [5.41, 5.74) is 3.68. The van der Waals surface area contributed by atoms with Gasteiger partial charge in [-0.1, -0.05) is 29.3 Å². The number of hydrogen-bond acceptors (Lipinski definition) is 19. The summed E-state index contributed by atoms with van der Waals surface area (Å²) in [6.07, 6.45) is 8.96. The molecule has 0 spiro atoms. The van der Waals surface area contributed by atoms with Crippen LogP contribution in [0.2, 0.25) is 10.0 Å². The number of aliphatic imine (C=N–C) groups is 1. The van der Waals surface area contributed by atoms with Crippen molar-refractivity contribution in [2.45, 2.75) is 175 Å². The largest absolute Gasteiger partial charge is 0.444 e. The molecule has 6 amide bonds. The number of nitrogens with zero attached hydrogens (tertiary/aromatic N) is 15. The number of hydrogen-bond donors (Lipinski definition) is 1. The molecule has 3 aromatic heterocycles. The number of halogens is 4. The van der Waals surface area contributed by atoms with Crippen LogP contribution in [-0.4, -0.2) is 220 Å². The van der Waals surface area contributed by atoms with Gasteiger partial charge in [-0.15, -0.1) is 0 Å². The summed E-state index contributed by atoms with van der Waals surface area (Å²) in [5, 5.41) is 13.1. The molecule has 0 bridgehead atoms. The molecule has 3 unspecified atom stereocenters. The summed E-state index contributed by atoms with van der Waals surface area (Å²) in [4.78, 5) is 98.7. The van der Waals surface area contributed by atoms with Gasteiger partial charge in [0.1, 0.15) is 22.8 Å². The summed E-state index contributed by atoms with van der Waals surface area (Å²) >= 11 is 11.2. The van der Waals surface area contributed by atoms with Crippen LogP contribution in [0.4, 0.5) is 41.1 Å². The van der Waals surface area contributed by atoms with Crippen molar-refractivity contribution in [3.63, 3.8) is 0 Å². The van der Waals surface area contributed by atoms with Crippen molar-refractivity contribution in [1.29, 1.82) is 0 Å². The SMILES string of the molecule is C[C@H]1Cn2ncc(N3CC(N(C)S(C)(=O)=O)CC3=O)c2CN1C(=O)Cc1ccc(F)c(Cl)c1.C[C@H]1Cn2ncc(N3CC(N(C)S(C)(=O)=O)CC3=O)c2CN1C(=O)OC(C)(C)C.C[C@H]1Cn2ncc(N3CC(NS(C)(=O)=O)CC3=O)c2CN1C(=O)OC(C)(C)C.O=C=Nc1ccc(F)c(Cl)c1. The molecule has 0 saturated carbocycles. The Hall–Kier alpha value is -7.96. The van der Waals surface area contributed by atoms with Crippen molar-refractivity contribution < 1.29 is 77.1 Å². The molecule has 101 heavy (non-hydrogen) atoms. The summed E-state index contributed by atoms with van der Waals surface area (Å²) in [6.45, 7) is 19.6. The van der Waals surface area contributed by atoms with Gasteiger partial charge in [0.2, 0.25) is 59.8 Å². The number of isocyanates is 1. The smallest absolute Gasteiger partial charge is 0.410 e. The molecule has 1 N–H and O–H groups in total. The van der Waals surface area contributed by atoms with Gasteiger partial charge < -0.3 is 29.1 Å². The Bertz CT molecular complexity index is 4400. The van der Waals surface area contributed by atoms with Gasteiger partial charge in [0.05, 0.1) is 157 Å². The van der Waals surface area contributed by atoms with Gasteiger partial charge in [-0.3, -0.25) is 43.0 Å². The number of anilines is 3. The zero-order chi connectivity index (χ0) is 74.9. The Labute approximate surface area is 595 Å². The van der Waals surface area contributed by atoms with E-state index in [1.54, 1.807) is 57.1 Å². The third kappa shape index (κ3) is 19.6. The third-order valence-corrected chi connectivity index (χ3v) is 21.3. The molecule has 2 aromatic carbocycles. The Kier molecular flexibility index (Phi) is 24.1. The number of benzene rings is 2. The number of likely N-dealkylation sites (N-methyl/N-ethyl adjacent to an activating group) is 2. The van der Waals surface area contributed by atoms with Crippen molar-refractivity contribution in [3.8, 4) is 0 Å². The zero-order valence-electron chi connectivity index (χ0n) is 58.4. The summed E-state index contributed by atoms with van der Waals surface area (Å²) in [7, 11) is -7.29. The summed E-state index contributed by atoms with van der Waals surface area (Å²) in [6, 6.07) is 6.21. The van der Waals surface area contributed by atoms with Crippen LogP contribution in [0.1, 0.15) is 104 Å². The maximum absolute atomic E-state index is 13.4. The second-order valence-electron chi connectivity index (χ2n) is 27.6. The molecule has 6 atom stereocenters. The van der Waals surface area contributed by atoms with E-state index in [1.807, 2.05) is 62.3 Å².